The Kier molecular flexibility index (Phi) is 3.93. The number of hydrogen-bond acceptors (Lipinski definition) is 2. The smallest absolute Gasteiger partial charge is 0.121 e. The fraction of sp³-hybridized carbons (Fsp3) is 0.222. The summed E-state index contributed by atoms with van der Waals surface area (Å²) in [6.07, 6.45) is 2.08. The van der Waals surface area contributed by atoms with Crippen molar-refractivity contribution in [3.05, 3.63) is 65.9 Å². The Bertz CT molecular complexity index is 716. The van der Waals surface area contributed by atoms with E-state index in [0.717, 1.165) is 17.8 Å². The number of nitrogens with one attached hydrogen (secondary N) is 1. The molecule has 0 radical (unpaired) electrons. The number of ether oxygens (including phenoxy) is 1. The third kappa shape index (κ3) is 3.26. The monoisotopic (exact) mass is 280 g/mol. The molecule has 0 aliphatic carbocycles. The summed E-state index contributed by atoms with van der Waals surface area (Å²) in [5.41, 5.74) is 3.61. The van der Waals surface area contributed by atoms with Crippen LogP contribution in [0.25, 0.3) is 10.9 Å². The number of aromatic amines is 1. The minimum absolute atomic E-state index is 0.595. The van der Waals surface area contributed by atoms with E-state index in [-0.39, 0.29) is 0 Å². The van der Waals surface area contributed by atoms with E-state index in [9.17, 15) is 0 Å². The van der Waals surface area contributed by atoms with Crippen molar-refractivity contribution in [3.8, 4) is 5.75 Å². The summed E-state index contributed by atoms with van der Waals surface area (Å²) < 4.78 is 5.86. The number of benzene rings is 2. The first-order valence-corrected chi connectivity index (χ1v) is 7.14. The van der Waals surface area contributed by atoms with Gasteiger partial charge in [-0.15, -0.1) is 0 Å². The molecule has 0 bridgehead atoms. The van der Waals surface area contributed by atoms with Gasteiger partial charge < -0.3 is 14.6 Å². The fourth-order valence-corrected chi connectivity index (χ4v) is 2.47. The van der Waals surface area contributed by atoms with E-state index in [1.165, 1.54) is 16.5 Å². The molecule has 1 N–H and O–H groups in total. The summed E-state index contributed by atoms with van der Waals surface area (Å²) in [5, 5.41) is 1.26. The minimum Gasteiger partial charge on any atom is -0.489 e. The van der Waals surface area contributed by atoms with E-state index >= 15 is 0 Å². The molecule has 0 aliphatic rings. The third-order valence-corrected chi connectivity index (χ3v) is 3.47. The first kappa shape index (κ1) is 13.7. The maximum absolute atomic E-state index is 5.86. The van der Waals surface area contributed by atoms with Crippen LogP contribution in [0.15, 0.2) is 54.7 Å². The van der Waals surface area contributed by atoms with Gasteiger partial charge in [0, 0.05) is 29.7 Å². The second-order valence-electron chi connectivity index (χ2n) is 5.53. The van der Waals surface area contributed by atoms with Crippen LogP contribution >= 0.6 is 0 Å². The van der Waals surface area contributed by atoms with Gasteiger partial charge in [-0.25, -0.2) is 0 Å². The first-order chi connectivity index (χ1) is 10.2. The molecule has 0 atom stereocenters. The molecule has 3 rings (SSSR count). The number of hydrogen-bond donors (Lipinski definition) is 1. The van der Waals surface area contributed by atoms with Crippen molar-refractivity contribution >= 4 is 10.9 Å². The zero-order valence-electron chi connectivity index (χ0n) is 12.5. The predicted molar refractivity (Wildman–Crippen MR) is 86.5 cm³/mol. The Labute approximate surface area is 125 Å². The Hall–Kier alpha value is -2.26. The zero-order chi connectivity index (χ0) is 14.7. The van der Waals surface area contributed by atoms with Crippen molar-refractivity contribution in [3.63, 3.8) is 0 Å². The van der Waals surface area contributed by atoms with E-state index in [1.54, 1.807) is 0 Å². The highest BCUT2D eigenvalue weighted by atomic mass is 16.5. The number of fused-ring (bicyclic) bond motifs is 1. The number of H-pyrrole nitrogens is 1. The van der Waals surface area contributed by atoms with Crippen molar-refractivity contribution in [2.75, 3.05) is 14.1 Å². The molecule has 0 aliphatic heterocycles. The minimum atomic E-state index is 0.595. The number of nitrogens with zero attached hydrogens (tertiary/aromatic N) is 1. The molecular formula is C18H20N2O. The molecule has 2 aromatic carbocycles. The van der Waals surface area contributed by atoms with E-state index in [0.29, 0.717) is 6.61 Å². The summed E-state index contributed by atoms with van der Waals surface area (Å²) in [5.74, 6) is 0.893. The molecule has 1 aromatic heterocycles. The van der Waals surface area contributed by atoms with Gasteiger partial charge in [0.1, 0.15) is 12.4 Å². The first-order valence-electron chi connectivity index (χ1n) is 7.14. The van der Waals surface area contributed by atoms with Gasteiger partial charge in [-0.1, -0.05) is 30.3 Å². The molecule has 0 saturated heterocycles. The van der Waals surface area contributed by atoms with Crippen molar-refractivity contribution in [2.24, 2.45) is 0 Å². The largest absolute Gasteiger partial charge is 0.489 e. The molecule has 21 heavy (non-hydrogen) atoms. The van der Waals surface area contributed by atoms with Crippen LogP contribution in [0.4, 0.5) is 0 Å². The Morgan fingerprint density at radius 3 is 2.62 bits per heavy atom. The Balaban J connectivity index is 1.75. The summed E-state index contributed by atoms with van der Waals surface area (Å²) >= 11 is 0. The van der Waals surface area contributed by atoms with Crippen LogP contribution in [0.2, 0.25) is 0 Å². The lowest BCUT2D eigenvalue weighted by atomic mass is 10.1. The van der Waals surface area contributed by atoms with Gasteiger partial charge >= 0.3 is 0 Å². The van der Waals surface area contributed by atoms with Crippen LogP contribution in [-0.2, 0) is 13.2 Å². The quantitative estimate of drug-likeness (QED) is 0.770. The molecule has 108 valence electrons. The standard InChI is InChI=1S/C18H20N2O/c1-20(2)12-15-11-19-18-10-16(8-9-17(15)18)21-13-14-6-4-3-5-7-14/h3-11,19H,12-13H2,1-2H3. The van der Waals surface area contributed by atoms with E-state index in [2.05, 4.69) is 54.4 Å². The maximum atomic E-state index is 5.86. The Morgan fingerprint density at radius 2 is 1.86 bits per heavy atom. The van der Waals surface area contributed by atoms with E-state index < -0.39 is 0 Å². The van der Waals surface area contributed by atoms with Crippen LogP contribution in [-0.4, -0.2) is 24.0 Å². The summed E-state index contributed by atoms with van der Waals surface area (Å²) in [6, 6.07) is 16.5. The van der Waals surface area contributed by atoms with Crippen LogP contribution in [0, 0.1) is 0 Å². The molecule has 0 saturated carbocycles. The van der Waals surface area contributed by atoms with E-state index in [1.807, 2.05) is 24.3 Å². The SMILES string of the molecule is CN(C)Cc1c[nH]c2cc(OCc3ccccc3)ccc12. The average Bonchev–Trinajstić information content (AvgIpc) is 2.88. The number of rotatable bonds is 5. The molecule has 3 aromatic rings. The van der Waals surface area contributed by atoms with Crippen LogP contribution in [0.3, 0.4) is 0 Å². The second-order valence-corrected chi connectivity index (χ2v) is 5.53. The molecular weight excluding hydrogens is 260 g/mol. The number of aromatic nitrogens is 1. The van der Waals surface area contributed by atoms with Crippen LogP contribution in [0.5, 0.6) is 5.75 Å². The van der Waals surface area contributed by atoms with Crippen molar-refractivity contribution in [1.82, 2.24) is 9.88 Å². The fourth-order valence-electron chi connectivity index (χ4n) is 2.47. The van der Waals surface area contributed by atoms with Crippen molar-refractivity contribution in [2.45, 2.75) is 13.2 Å². The Morgan fingerprint density at radius 1 is 1.05 bits per heavy atom. The molecule has 0 spiro atoms. The lowest BCUT2D eigenvalue weighted by Gasteiger charge is -2.09. The topological polar surface area (TPSA) is 28.3 Å². The van der Waals surface area contributed by atoms with Crippen molar-refractivity contribution in [1.29, 1.82) is 0 Å². The van der Waals surface area contributed by atoms with Crippen LogP contribution < -0.4 is 4.74 Å². The molecule has 3 nitrogen and oxygen atoms in total. The highest BCUT2D eigenvalue weighted by molar-refractivity contribution is 5.84. The van der Waals surface area contributed by atoms with Gasteiger partial charge in [0.25, 0.3) is 0 Å². The van der Waals surface area contributed by atoms with Gasteiger partial charge in [-0.3, -0.25) is 0 Å². The van der Waals surface area contributed by atoms with Gasteiger partial charge in [-0.2, -0.15) is 0 Å². The third-order valence-electron chi connectivity index (χ3n) is 3.47. The normalized spacial score (nSPS) is 11.2. The highest BCUT2D eigenvalue weighted by Gasteiger charge is 2.06. The van der Waals surface area contributed by atoms with Gasteiger partial charge in [0.2, 0.25) is 0 Å². The predicted octanol–water partition coefficient (Wildman–Crippen LogP) is 3.81. The lowest BCUT2D eigenvalue weighted by Crippen LogP contribution is -2.09. The molecule has 3 heteroatoms. The van der Waals surface area contributed by atoms with Crippen LogP contribution in [0.1, 0.15) is 11.1 Å². The summed E-state index contributed by atoms with van der Waals surface area (Å²) in [7, 11) is 4.16. The summed E-state index contributed by atoms with van der Waals surface area (Å²) in [6.45, 7) is 1.53. The lowest BCUT2D eigenvalue weighted by molar-refractivity contribution is 0.306. The molecule has 0 fully saturated rings. The van der Waals surface area contributed by atoms with Gasteiger partial charge in [0.05, 0.1) is 0 Å². The maximum Gasteiger partial charge on any atom is 0.121 e. The average molecular weight is 280 g/mol. The molecule has 1 heterocycles. The molecule has 0 amide bonds. The van der Waals surface area contributed by atoms with Gasteiger partial charge in [0.15, 0.2) is 0 Å². The highest BCUT2D eigenvalue weighted by Crippen LogP contribution is 2.24. The molecule has 0 unspecified atom stereocenters. The van der Waals surface area contributed by atoms with E-state index in [4.69, 9.17) is 4.74 Å². The zero-order valence-corrected chi connectivity index (χ0v) is 12.5. The summed E-state index contributed by atoms with van der Waals surface area (Å²) in [4.78, 5) is 5.49. The van der Waals surface area contributed by atoms with Crippen molar-refractivity contribution < 1.29 is 4.74 Å². The second kappa shape index (κ2) is 6.02. The van der Waals surface area contributed by atoms with Gasteiger partial charge in [-0.05, 0) is 37.4 Å².